The van der Waals surface area contributed by atoms with E-state index in [0.717, 1.165) is 5.56 Å². The average molecular weight is 236 g/mol. The lowest BCUT2D eigenvalue weighted by Crippen LogP contribution is -2.31. The maximum absolute atomic E-state index is 10.9. The number of cyclic esters (lactones) is 1. The van der Waals surface area contributed by atoms with Crippen LogP contribution in [0.25, 0.3) is 0 Å². The van der Waals surface area contributed by atoms with Crippen molar-refractivity contribution in [2.75, 3.05) is 6.61 Å². The van der Waals surface area contributed by atoms with E-state index >= 15 is 0 Å². The van der Waals surface area contributed by atoms with Gasteiger partial charge in [0, 0.05) is 5.56 Å². The van der Waals surface area contributed by atoms with Crippen LogP contribution in [-0.2, 0) is 19.0 Å². The molecule has 1 aromatic carbocycles. The van der Waals surface area contributed by atoms with Crippen molar-refractivity contribution >= 4 is 5.97 Å². The zero-order chi connectivity index (χ0) is 11.8. The molecule has 0 bridgehead atoms. The molecule has 2 aliphatic heterocycles. The lowest BCUT2D eigenvalue weighted by atomic mass is 10.1. The summed E-state index contributed by atoms with van der Waals surface area (Å²) in [6.07, 6.45) is -2.16. The topological polar surface area (TPSA) is 68.3 Å². The smallest absolute Gasteiger partial charge is 0.351 e. The predicted molar refractivity (Wildman–Crippen MR) is 55.9 cm³/mol. The van der Waals surface area contributed by atoms with Gasteiger partial charge < -0.3 is 19.3 Å². The molecule has 2 heterocycles. The first-order valence-electron chi connectivity index (χ1n) is 5.47. The Morgan fingerprint density at radius 2 is 1.88 bits per heavy atom. The molecule has 17 heavy (non-hydrogen) atoms. The van der Waals surface area contributed by atoms with Gasteiger partial charge in [-0.15, -0.1) is 0 Å². The van der Waals surface area contributed by atoms with Crippen LogP contribution in [0.2, 0.25) is 0 Å². The Bertz CT molecular complexity index is 418. The largest absolute Gasteiger partial charge is 0.445 e. The highest BCUT2D eigenvalue weighted by molar-refractivity contribution is 5.88. The van der Waals surface area contributed by atoms with Crippen molar-refractivity contribution in [3.05, 3.63) is 35.9 Å². The zero-order valence-electron chi connectivity index (χ0n) is 8.98. The number of benzene rings is 1. The molecule has 4 atom stereocenters. The van der Waals surface area contributed by atoms with Gasteiger partial charge in [0.25, 0.3) is 0 Å². The van der Waals surface area contributed by atoms with E-state index in [1.807, 2.05) is 30.3 Å². The Balaban J connectivity index is 1.76. The molecule has 90 valence electrons. The Morgan fingerprint density at radius 3 is 2.47 bits per heavy atom. The lowest BCUT2D eigenvalue weighted by molar-refractivity contribution is -0.117. The number of aliphatic hydroxyl groups is 1. The minimum atomic E-state index is -0.583. The molecular formula is C12H12O5. The third-order valence-corrected chi connectivity index (χ3v) is 2.91. The lowest BCUT2D eigenvalue weighted by Gasteiger charge is -2.09. The van der Waals surface area contributed by atoms with Gasteiger partial charge >= 0.3 is 5.97 Å². The molecule has 0 amide bonds. The summed E-state index contributed by atoms with van der Waals surface area (Å²) >= 11 is 0. The van der Waals surface area contributed by atoms with Gasteiger partial charge in [-0.1, -0.05) is 30.3 Å². The summed E-state index contributed by atoms with van der Waals surface area (Å²) in [7, 11) is 0. The summed E-state index contributed by atoms with van der Waals surface area (Å²) < 4.78 is 15.9. The fraction of sp³-hybridized carbons (Fsp3) is 0.417. The SMILES string of the molecule is O=C1O[C@@H]1[C@@H]1O[C@@H](c2ccccc2)O[C@@H]1CO. The first-order valence-corrected chi connectivity index (χ1v) is 5.47. The number of hydrogen-bond donors (Lipinski definition) is 1. The van der Waals surface area contributed by atoms with Crippen molar-refractivity contribution in [3.63, 3.8) is 0 Å². The highest BCUT2D eigenvalue weighted by Crippen LogP contribution is 2.36. The van der Waals surface area contributed by atoms with Crippen LogP contribution in [0, 0.1) is 0 Å². The predicted octanol–water partition coefficient (Wildman–Crippen LogP) is 0.387. The van der Waals surface area contributed by atoms with Crippen molar-refractivity contribution in [2.45, 2.75) is 24.6 Å². The third-order valence-electron chi connectivity index (χ3n) is 2.91. The van der Waals surface area contributed by atoms with Crippen LogP contribution in [0.5, 0.6) is 0 Å². The second-order valence-electron chi connectivity index (χ2n) is 4.06. The standard InChI is InChI=1S/C12H12O5/c13-6-8-9(10-11(14)16-10)17-12(15-8)7-4-2-1-3-5-7/h1-5,8-10,12-13H,6H2/t8-,9-,10-,12+/m1/s1. The van der Waals surface area contributed by atoms with Crippen LogP contribution in [0.15, 0.2) is 30.3 Å². The highest BCUT2D eigenvalue weighted by Gasteiger charge is 2.54. The Morgan fingerprint density at radius 1 is 1.18 bits per heavy atom. The molecule has 0 spiro atoms. The molecule has 0 saturated carbocycles. The summed E-state index contributed by atoms with van der Waals surface area (Å²) in [4.78, 5) is 10.9. The van der Waals surface area contributed by atoms with Crippen LogP contribution in [0.1, 0.15) is 11.9 Å². The fourth-order valence-corrected chi connectivity index (χ4v) is 1.97. The maximum atomic E-state index is 10.9. The molecule has 1 aromatic rings. The van der Waals surface area contributed by atoms with Gasteiger partial charge in [0.1, 0.15) is 12.2 Å². The zero-order valence-corrected chi connectivity index (χ0v) is 8.98. The Kier molecular flexibility index (Phi) is 2.58. The number of hydrogen-bond acceptors (Lipinski definition) is 5. The molecule has 0 radical (unpaired) electrons. The van der Waals surface area contributed by atoms with Gasteiger partial charge in [-0.25, -0.2) is 4.79 Å². The number of epoxide rings is 1. The van der Waals surface area contributed by atoms with Crippen molar-refractivity contribution < 1.29 is 24.1 Å². The molecule has 3 rings (SSSR count). The van der Waals surface area contributed by atoms with Crippen LogP contribution in [-0.4, -0.2) is 36.0 Å². The minimum Gasteiger partial charge on any atom is -0.445 e. The molecule has 5 heteroatoms. The van der Waals surface area contributed by atoms with Gasteiger partial charge in [0.15, 0.2) is 6.29 Å². The molecule has 5 nitrogen and oxygen atoms in total. The molecule has 0 aliphatic carbocycles. The molecule has 1 N–H and O–H groups in total. The summed E-state index contributed by atoms with van der Waals surface area (Å²) in [5.74, 6) is -0.300. The normalized spacial score (nSPS) is 35.7. The van der Waals surface area contributed by atoms with E-state index in [1.165, 1.54) is 0 Å². The van der Waals surface area contributed by atoms with Crippen molar-refractivity contribution in [1.29, 1.82) is 0 Å². The van der Waals surface area contributed by atoms with E-state index in [-0.39, 0.29) is 12.6 Å². The van der Waals surface area contributed by atoms with E-state index in [2.05, 4.69) is 0 Å². The first-order chi connectivity index (χ1) is 8.29. The van der Waals surface area contributed by atoms with Crippen molar-refractivity contribution in [1.82, 2.24) is 0 Å². The molecule has 2 aliphatic rings. The van der Waals surface area contributed by atoms with Crippen molar-refractivity contribution in [3.8, 4) is 0 Å². The van der Waals surface area contributed by atoms with Crippen LogP contribution < -0.4 is 0 Å². The number of carbonyl (C=O) groups is 1. The maximum Gasteiger partial charge on any atom is 0.351 e. The van der Waals surface area contributed by atoms with Gasteiger partial charge in [0.05, 0.1) is 6.61 Å². The van der Waals surface area contributed by atoms with Gasteiger partial charge in [0.2, 0.25) is 6.10 Å². The van der Waals surface area contributed by atoms with Gasteiger partial charge in [-0.3, -0.25) is 0 Å². The molecule has 2 saturated heterocycles. The number of rotatable bonds is 3. The van der Waals surface area contributed by atoms with Crippen LogP contribution in [0.4, 0.5) is 0 Å². The second kappa shape index (κ2) is 4.10. The minimum absolute atomic E-state index is 0.193. The van der Waals surface area contributed by atoms with E-state index in [9.17, 15) is 9.90 Å². The summed E-state index contributed by atoms with van der Waals surface area (Å²) in [6.45, 7) is -0.193. The summed E-state index contributed by atoms with van der Waals surface area (Å²) in [5.41, 5.74) is 0.863. The van der Waals surface area contributed by atoms with E-state index in [1.54, 1.807) is 0 Å². The monoisotopic (exact) mass is 236 g/mol. The summed E-state index contributed by atoms with van der Waals surface area (Å²) in [5, 5.41) is 9.19. The quantitative estimate of drug-likeness (QED) is 0.769. The number of ether oxygens (including phenoxy) is 3. The molecular weight excluding hydrogens is 224 g/mol. The van der Waals surface area contributed by atoms with Crippen LogP contribution >= 0.6 is 0 Å². The second-order valence-corrected chi connectivity index (χ2v) is 4.06. The third kappa shape index (κ3) is 1.93. The summed E-state index contributed by atoms with van der Waals surface area (Å²) in [6, 6.07) is 9.39. The Labute approximate surface area is 97.9 Å². The van der Waals surface area contributed by atoms with Gasteiger partial charge in [-0.05, 0) is 0 Å². The highest BCUT2D eigenvalue weighted by atomic mass is 16.8. The number of aliphatic hydroxyl groups excluding tert-OH is 1. The van der Waals surface area contributed by atoms with E-state index < -0.39 is 24.6 Å². The van der Waals surface area contributed by atoms with Crippen molar-refractivity contribution in [2.24, 2.45) is 0 Å². The number of carbonyl (C=O) groups excluding carboxylic acids is 1. The van der Waals surface area contributed by atoms with E-state index in [0.29, 0.717) is 0 Å². The van der Waals surface area contributed by atoms with Crippen LogP contribution in [0.3, 0.4) is 0 Å². The molecule has 0 aromatic heterocycles. The molecule has 0 unspecified atom stereocenters. The Hall–Kier alpha value is -1.43. The average Bonchev–Trinajstić information content (AvgIpc) is 2.94. The fourth-order valence-electron chi connectivity index (χ4n) is 1.97. The first kappa shape index (κ1) is 10.7. The van der Waals surface area contributed by atoms with Gasteiger partial charge in [-0.2, -0.15) is 0 Å². The van der Waals surface area contributed by atoms with E-state index in [4.69, 9.17) is 14.2 Å². The molecule has 2 fully saturated rings.